The number of aryl methyl sites for hydroxylation is 1. The topological polar surface area (TPSA) is 123 Å². The van der Waals surface area contributed by atoms with E-state index in [1.807, 2.05) is 115 Å². The van der Waals surface area contributed by atoms with Gasteiger partial charge in [0.2, 0.25) is 12.7 Å². The molecule has 11 nitrogen and oxygen atoms in total. The first-order chi connectivity index (χ1) is 26.0. The number of anilines is 3. The first kappa shape index (κ1) is 41.0. The standard InChI is InChI=1S/C44H56N6O5/c1-31-14-19-36(46-39(51)34-17-15-32(16-18-34)28-49-22-24-50(8,25-23-49)30-55-41(53)44(5,6)7)27-38(31)48-42-45-21-20-37(47-42)35-13-11-9-10-12-33(26-35)29-54-40(52)43(2,3)4/h9,11,13-21,26-27H,10,12,22-25,28-30H2,1-8H3,(H-,45,46,47,48,51)/p+1. The summed E-state index contributed by atoms with van der Waals surface area (Å²) in [4.78, 5) is 49.6. The van der Waals surface area contributed by atoms with Crippen LogP contribution >= 0.6 is 0 Å². The van der Waals surface area contributed by atoms with Gasteiger partial charge < -0.3 is 20.1 Å². The highest BCUT2D eigenvalue weighted by Crippen LogP contribution is 2.27. The van der Waals surface area contributed by atoms with Gasteiger partial charge in [0.25, 0.3) is 5.91 Å². The smallest absolute Gasteiger partial charge is 0.315 e. The van der Waals surface area contributed by atoms with E-state index >= 15 is 0 Å². The molecule has 2 N–H and O–H groups in total. The first-order valence-electron chi connectivity index (χ1n) is 19.1. The number of carbonyl (C=O) groups is 3. The highest BCUT2D eigenvalue weighted by Gasteiger charge is 2.32. The van der Waals surface area contributed by atoms with E-state index in [4.69, 9.17) is 14.5 Å². The molecule has 1 fully saturated rings. The van der Waals surface area contributed by atoms with Crippen molar-refractivity contribution < 1.29 is 28.3 Å². The van der Waals surface area contributed by atoms with E-state index in [1.54, 1.807) is 6.20 Å². The Labute approximate surface area is 326 Å². The average Bonchev–Trinajstić information content (AvgIpc) is 3.12. The Kier molecular flexibility index (Phi) is 13.1. The summed E-state index contributed by atoms with van der Waals surface area (Å²) >= 11 is 0. The van der Waals surface area contributed by atoms with Crippen LogP contribution in [-0.4, -0.2) is 83.8 Å². The minimum atomic E-state index is -0.566. The molecule has 1 aromatic heterocycles. The number of hydrogen-bond acceptors (Lipinski definition) is 9. The van der Waals surface area contributed by atoms with Crippen molar-refractivity contribution in [2.75, 3.05) is 57.2 Å². The van der Waals surface area contributed by atoms with Crippen molar-refractivity contribution in [3.05, 3.63) is 107 Å². The second kappa shape index (κ2) is 17.6. The van der Waals surface area contributed by atoms with Gasteiger partial charge in [-0.2, -0.15) is 0 Å². The van der Waals surface area contributed by atoms with Crippen LogP contribution < -0.4 is 10.6 Å². The van der Waals surface area contributed by atoms with Crippen LogP contribution in [0.15, 0.2) is 84.6 Å². The molecule has 3 aromatic rings. The third kappa shape index (κ3) is 11.9. The number of carbonyl (C=O) groups excluding carboxylic acids is 3. The lowest BCUT2D eigenvalue weighted by atomic mass is 9.97. The molecule has 292 valence electrons. The molecule has 0 saturated carbocycles. The summed E-state index contributed by atoms with van der Waals surface area (Å²) in [6.45, 7) is 18.1. The fraction of sp³-hybridized carbons (Fsp3) is 0.432. The minimum Gasteiger partial charge on any atom is -0.461 e. The highest BCUT2D eigenvalue weighted by atomic mass is 16.5. The summed E-state index contributed by atoms with van der Waals surface area (Å²) in [6.07, 6.45) is 11.5. The van der Waals surface area contributed by atoms with Crippen LogP contribution in [-0.2, 0) is 25.6 Å². The number of rotatable bonds is 11. The molecule has 2 heterocycles. The number of benzene rings is 2. The molecule has 0 radical (unpaired) electrons. The maximum absolute atomic E-state index is 13.3. The zero-order chi connectivity index (χ0) is 39.8. The van der Waals surface area contributed by atoms with Gasteiger partial charge in [-0.15, -0.1) is 0 Å². The molecule has 55 heavy (non-hydrogen) atoms. The molecular weight excluding hydrogens is 693 g/mol. The van der Waals surface area contributed by atoms with Crippen molar-refractivity contribution >= 4 is 40.7 Å². The third-order valence-corrected chi connectivity index (χ3v) is 9.75. The predicted molar refractivity (Wildman–Crippen MR) is 217 cm³/mol. The van der Waals surface area contributed by atoms with Crippen LogP contribution in [0.2, 0.25) is 0 Å². The molecule has 1 aliphatic heterocycles. The second-order valence-electron chi connectivity index (χ2n) is 16.9. The molecule has 0 bridgehead atoms. The van der Waals surface area contributed by atoms with Gasteiger partial charge >= 0.3 is 11.9 Å². The summed E-state index contributed by atoms with van der Waals surface area (Å²) in [5.41, 5.74) is 5.65. The van der Waals surface area contributed by atoms with Crippen molar-refractivity contribution in [3.63, 3.8) is 0 Å². The minimum absolute atomic E-state index is 0.169. The lowest BCUT2D eigenvalue weighted by molar-refractivity contribution is -0.929. The lowest BCUT2D eigenvalue weighted by Crippen LogP contribution is -2.58. The predicted octanol–water partition coefficient (Wildman–Crippen LogP) is 7.84. The number of hydrogen-bond donors (Lipinski definition) is 2. The van der Waals surface area contributed by atoms with Crippen molar-refractivity contribution in [3.8, 4) is 0 Å². The first-order valence-corrected chi connectivity index (χ1v) is 19.1. The Morgan fingerprint density at radius 1 is 0.909 bits per heavy atom. The Hall–Kier alpha value is -5.13. The quantitative estimate of drug-likeness (QED) is 0.149. The lowest BCUT2D eigenvalue weighted by Gasteiger charge is -2.41. The SMILES string of the molecule is Cc1ccc(NC(=O)c2ccc(CN3CC[N+](C)(COC(=O)C(C)(C)C)CC3)cc2)cc1Nc1nccc(C2=CC=CCCC(COC(=O)C(C)(C)C)=C2)n1. The molecule has 2 aliphatic rings. The Bertz CT molecular complexity index is 1940. The maximum Gasteiger partial charge on any atom is 0.315 e. The van der Waals surface area contributed by atoms with Gasteiger partial charge in [0, 0.05) is 48.3 Å². The number of piperazine rings is 1. The molecule has 11 heteroatoms. The molecule has 0 unspecified atom stereocenters. The Morgan fingerprint density at radius 2 is 1.60 bits per heavy atom. The zero-order valence-corrected chi connectivity index (χ0v) is 33.7. The third-order valence-electron chi connectivity index (χ3n) is 9.75. The van der Waals surface area contributed by atoms with Gasteiger partial charge in [-0.25, -0.2) is 9.97 Å². The summed E-state index contributed by atoms with van der Waals surface area (Å²) in [7, 11) is 2.14. The number of allylic oxidation sites excluding steroid dienone is 5. The van der Waals surface area contributed by atoms with Gasteiger partial charge in [0.15, 0.2) is 0 Å². The number of nitrogens with one attached hydrogen (secondary N) is 2. The molecule has 2 aromatic carbocycles. The summed E-state index contributed by atoms with van der Waals surface area (Å²) in [6, 6.07) is 15.3. The Morgan fingerprint density at radius 3 is 2.29 bits per heavy atom. The van der Waals surface area contributed by atoms with Gasteiger partial charge in [0.05, 0.1) is 36.7 Å². The van der Waals surface area contributed by atoms with Gasteiger partial charge in [-0.1, -0.05) is 42.5 Å². The van der Waals surface area contributed by atoms with E-state index in [-0.39, 0.29) is 24.5 Å². The second-order valence-corrected chi connectivity index (χ2v) is 16.9. The summed E-state index contributed by atoms with van der Waals surface area (Å²) < 4.78 is 12.0. The van der Waals surface area contributed by atoms with E-state index < -0.39 is 10.8 Å². The average molecular weight is 750 g/mol. The summed E-state index contributed by atoms with van der Waals surface area (Å²) in [5.74, 6) is -0.182. The van der Waals surface area contributed by atoms with E-state index in [0.717, 1.165) is 79.2 Å². The number of amides is 1. The van der Waals surface area contributed by atoms with Gasteiger partial charge in [0.1, 0.15) is 6.61 Å². The van der Waals surface area contributed by atoms with Crippen LogP contribution in [0.1, 0.15) is 81.6 Å². The van der Waals surface area contributed by atoms with Gasteiger partial charge in [-0.05, 0) is 108 Å². The van der Waals surface area contributed by atoms with E-state index in [1.165, 1.54) is 0 Å². The number of quaternary nitrogens is 1. The van der Waals surface area contributed by atoms with E-state index in [0.29, 0.717) is 28.4 Å². The maximum atomic E-state index is 13.3. The van der Waals surface area contributed by atoms with Crippen molar-refractivity contribution in [2.24, 2.45) is 10.8 Å². The van der Waals surface area contributed by atoms with Crippen LogP contribution in [0.4, 0.5) is 17.3 Å². The van der Waals surface area contributed by atoms with Crippen molar-refractivity contribution in [2.45, 2.75) is 67.9 Å². The van der Waals surface area contributed by atoms with Crippen LogP contribution in [0.3, 0.4) is 0 Å². The number of ether oxygens (including phenoxy) is 2. The molecule has 1 amide bonds. The zero-order valence-electron chi connectivity index (χ0n) is 33.7. The van der Waals surface area contributed by atoms with Gasteiger partial charge in [-0.3, -0.25) is 23.8 Å². The highest BCUT2D eigenvalue weighted by molar-refractivity contribution is 6.04. The number of nitrogens with zero attached hydrogens (tertiary/aromatic N) is 4. The molecule has 1 saturated heterocycles. The molecule has 0 atom stereocenters. The monoisotopic (exact) mass is 749 g/mol. The number of aromatic nitrogens is 2. The summed E-state index contributed by atoms with van der Waals surface area (Å²) in [5, 5.41) is 6.37. The molecule has 1 aliphatic carbocycles. The molecule has 0 spiro atoms. The van der Waals surface area contributed by atoms with Crippen LogP contribution in [0.25, 0.3) is 5.57 Å². The number of likely N-dealkylation sites (N-methyl/N-ethyl adjacent to an activating group) is 1. The van der Waals surface area contributed by atoms with Crippen LogP contribution in [0, 0.1) is 17.8 Å². The fourth-order valence-corrected chi connectivity index (χ4v) is 5.99. The molecular formula is C44H57N6O5+. The fourth-order valence-electron chi connectivity index (χ4n) is 5.99. The van der Waals surface area contributed by atoms with E-state index in [2.05, 4.69) is 33.6 Å². The van der Waals surface area contributed by atoms with E-state index in [9.17, 15) is 14.4 Å². The largest absolute Gasteiger partial charge is 0.461 e. The number of esters is 2. The van der Waals surface area contributed by atoms with Crippen LogP contribution in [0.5, 0.6) is 0 Å². The normalized spacial score (nSPS) is 16.2. The van der Waals surface area contributed by atoms with Crippen molar-refractivity contribution in [1.29, 1.82) is 0 Å². The Balaban J connectivity index is 1.17. The molecule has 5 rings (SSSR count). The van der Waals surface area contributed by atoms with Crippen molar-refractivity contribution in [1.82, 2.24) is 14.9 Å².